The molecule has 3 rings (SSSR count). The molecular weight excluding hydrogens is 368 g/mol. The highest BCUT2D eigenvalue weighted by atomic mass is 32.2. The number of esters is 1. The number of allylic oxidation sites excluding steroid dienone is 1. The molecule has 0 aliphatic carbocycles. The lowest BCUT2D eigenvalue weighted by atomic mass is 10.3. The van der Waals surface area contributed by atoms with Crippen molar-refractivity contribution in [1.82, 2.24) is 14.2 Å². The lowest BCUT2D eigenvalue weighted by Gasteiger charge is -2.31. The van der Waals surface area contributed by atoms with E-state index in [1.807, 2.05) is 0 Å². The Morgan fingerprint density at radius 2 is 2.12 bits per heavy atom. The van der Waals surface area contributed by atoms with Gasteiger partial charge in [0.1, 0.15) is 16.4 Å². The summed E-state index contributed by atoms with van der Waals surface area (Å²) in [5.41, 5.74) is 0.0778. The van der Waals surface area contributed by atoms with Gasteiger partial charge in [-0.2, -0.15) is 8.42 Å². The number of hydrogen-bond acceptors (Lipinski definition) is 8. The zero-order valence-electron chi connectivity index (χ0n) is 13.6. The molecule has 0 N–H and O–H groups in total. The van der Waals surface area contributed by atoms with Crippen LogP contribution in [0.2, 0.25) is 0 Å². The average Bonchev–Trinajstić information content (AvgIpc) is 3.14. The molecule has 0 aromatic carbocycles. The first kappa shape index (κ1) is 18.0. The Kier molecular flexibility index (Phi) is 5.47. The SMILES string of the molecule is COC(=O)C1=CC(c2nccs2)=NS(=O)(=O)N1CCN1CCOCC1. The predicted octanol–water partition coefficient (Wildman–Crippen LogP) is -0.118. The number of nitrogens with zero attached hydrogens (tertiary/aromatic N) is 4. The van der Waals surface area contributed by atoms with Crippen LogP contribution < -0.4 is 0 Å². The summed E-state index contributed by atoms with van der Waals surface area (Å²) in [6, 6.07) is 0. The molecule has 1 fully saturated rings. The third-order valence-corrected chi connectivity index (χ3v) is 5.96. The highest BCUT2D eigenvalue weighted by molar-refractivity contribution is 7.88. The van der Waals surface area contributed by atoms with Crippen LogP contribution in [0.1, 0.15) is 5.01 Å². The van der Waals surface area contributed by atoms with Gasteiger partial charge in [0, 0.05) is 37.8 Å². The summed E-state index contributed by atoms with van der Waals surface area (Å²) >= 11 is 1.25. The van der Waals surface area contributed by atoms with Crippen molar-refractivity contribution in [3.05, 3.63) is 28.4 Å². The van der Waals surface area contributed by atoms with Crippen LogP contribution in [0, 0.1) is 0 Å². The Balaban J connectivity index is 1.85. The van der Waals surface area contributed by atoms with Crippen LogP contribution >= 0.6 is 11.3 Å². The minimum absolute atomic E-state index is 0.0593. The van der Waals surface area contributed by atoms with Crippen molar-refractivity contribution < 1.29 is 22.7 Å². The Hall–Kier alpha value is -1.82. The molecule has 2 aliphatic heterocycles. The first-order valence-corrected chi connectivity index (χ1v) is 9.91. The highest BCUT2D eigenvalue weighted by Gasteiger charge is 2.34. The van der Waals surface area contributed by atoms with E-state index in [4.69, 9.17) is 9.47 Å². The molecule has 0 radical (unpaired) electrons. The predicted molar refractivity (Wildman–Crippen MR) is 91.6 cm³/mol. The largest absolute Gasteiger partial charge is 0.464 e. The summed E-state index contributed by atoms with van der Waals surface area (Å²) < 4.78 is 40.1. The molecule has 9 nitrogen and oxygen atoms in total. The van der Waals surface area contributed by atoms with Crippen LogP contribution in [0.25, 0.3) is 0 Å². The summed E-state index contributed by atoms with van der Waals surface area (Å²) in [5.74, 6) is -0.727. The molecule has 1 saturated heterocycles. The lowest BCUT2D eigenvalue weighted by Crippen LogP contribution is -2.44. The molecule has 0 atom stereocenters. The Morgan fingerprint density at radius 1 is 1.36 bits per heavy atom. The fraction of sp³-hybridized carbons (Fsp3) is 0.500. The van der Waals surface area contributed by atoms with Crippen molar-refractivity contribution in [3.8, 4) is 0 Å². The summed E-state index contributed by atoms with van der Waals surface area (Å²) in [6.07, 6.45) is 2.95. The van der Waals surface area contributed by atoms with Crippen molar-refractivity contribution in [1.29, 1.82) is 0 Å². The fourth-order valence-corrected chi connectivity index (χ4v) is 4.36. The van der Waals surface area contributed by atoms with Crippen LogP contribution in [0.4, 0.5) is 0 Å². The van der Waals surface area contributed by atoms with Crippen LogP contribution in [0.3, 0.4) is 0 Å². The summed E-state index contributed by atoms with van der Waals surface area (Å²) in [7, 11) is -2.83. The van der Waals surface area contributed by atoms with Crippen LogP contribution in [0.5, 0.6) is 0 Å². The van der Waals surface area contributed by atoms with Crippen LogP contribution in [0.15, 0.2) is 27.7 Å². The maximum atomic E-state index is 12.6. The number of thiazole rings is 1. The maximum absolute atomic E-state index is 12.6. The minimum Gasteiger partial charge on any atom is -0.464 e. The third-order valence-electron chi connectivity index (χ3n) is 3.80. The van der Waals surface area contributed by atoms with Crippen molar-refractivity contribution in [3.63, 3.8) is 0 Å². The Bertz CT molecular complexity index is 782. The highest BCUT2D eigenvalue weighted by Crippen LogP contribution is 2.23. The molecule has 1 aromatic heterocycles. The number of ether oxygens (including phenoxy) is 2. The van der Waals surface area contributed by atoms with Gasteiger partial charge in [-0.25, -0.2) is 14.1 Å². The van der Waals surface area contributed by atoms with Gasteiger partial charge < -0.3 is 9.47 Å². The molecular formula is C14H18N4O5S2. The maximum Gasteiger partial charge on any atom is 0.355 e. The van der Waals surface area contributed by atoms with E-state index < -0.39 is 16.2 Å². The normalized spacial score (nSPS) is 20.8. The van der Waals surface area contributed by atoms with Crippen LogP contribution in [-0.4, -0.2) is 80.8 Å². The van der Waals surface area contributed by atoms with E-state index in [0.29, 0.717) is 24.8 Å². The van der Waals surface area contributed by atoms with Gasteiger partial charge in [-0.05, 0) is 6.08 Å². The summed E-state index contributed by atoms with van der Waals surface area (Å²) in [5, 5.41) is 2.14. The van der Waals surface area contributed by atoms with E-state index in [-0.39, 0.29) is 18.0 Å². The minimum atomic E-state index is -4.04. The number of carbonyl (C=O) groups is 1. The molecule has 2 aliphatic rings. The molecule has 0 spiro atoms. The smallest absolute Gasteiger partial charge is 0.355 e. The van der Waals surface area contributed by atoms with E-state index in [1.54, 1.807) is 11.6 Å². The molecule has 1 aromatic rings. The molecule has 0 bridgehead atoms. The summed E-state index contributed by atoms with van der Waals surface area (Å²) in [6.45, 7) is 3.24. The van der Waals surface area contributed by atoms with Gasteiger partial charge in [0.25, 0.3) is 0 Å². The van der Waals surface area contributed by atoms with E-state index in [0.717, 1.165) is 17.4 Å². The fourth-order valence-electron chi connectivity index (χ4n) is 2.53. The molecule has 3 heterocycles. The van der Waals surface area contributed by atoms with Gasteiger partial charge in [0.2, 0.25) is 0 Å². The van der Waals surface area contributed by atoms with Gasteiger partial charge >= 0.3 is 16.2 Å². The number of rotatable bonds is 5. The van der Waals surface area contributed by atoms with Crippen molar-refractivity contribution in [2.75, 3.05) is 46.5 Å². The Morgan fingerprint density at radius 3 is 2.76 bits per heavy atom. The average molecular weight is 386 g/mol. The number of morpholine rings is 1. The zero-order chi connectivity index (χ0) is 17.9. The second-order valence-electron chi connectivity index (χ2n) is 5.34. The number of carbonyl (C=O) groups excluding carboxylic acids is 1. The number of hydrogen-bond donors (Lipinski definition) is 0. The molecule has 11 heteroatoms. The van der Waals surface area contributed by atoms with E-state index in [9.17, 15) is 13.2 Å². The van der Waals surface area contributed by atoms with Crippen LogP contribution in [-0.2, 0) is 24.5 Å². The third kappa shape index (κ3) is 4.06. The second kappa shape index (κ2) is 7.60. The molecule has 0 saturated carbocycles. The quantitative estimate of drug-likeness (QED) is 0.650. The molecule has 136 valence electrons. The standard InChI is InChI=1S/C14H18N4O5S2/c1-22-14(19)12-10-11(13-15-2-9-24-13)16-25(20,21)18(12)4-3-17-5-7-23-8-6-17/h2,9-10H,3-8H2,1H3. The summed E-state index contributed by atoms with van der Waals surface area (Å²) in [4.78, 5) is 18.3. The monoisotopic (exact) mass is 386 g/mol. The van der Waals surface area contributed by atoms with Gasteiger partial charge in [0.05, 0.1) is 20.3 Å². The van der Waals surface area contributed by atoms with E-state index >= 15 is 0 Å². The van der Waals surface area contributed by atoms with E-state index in [2.05, 4.69) is 14.3 Å². The first-order valence-electron chi connectivity index (χ1n) is 7.64. The topological polar surface area (TPSA) is 101 Å². The Labute approximate surface area is 149 Å². The number of aromatic nitrogens is 1. The van der Waals surface area contributed by atoms with Crippen molar-refractivity contribution >= 4 is 33.2 Å². The van der Waals surface area contributed by atoms with Gasteiger partial charge in [-0.3, -0.25) is 4.90 Å². The van der Waals surface area contributed by atoms with Crippen molar-refractivity contribution in [2.45, 2.75) is 0 Å². The second-order valence-corrected chi connectivity index (χ2v) is 7.75. The van der Waals surface area contributed by atoms with Gasteiger partial charge in [0.15, 0.2) is 0 Å². The molecule has 0 amide bonds. The number of methoxy groups -OCH3 is 1. The van der Waals surface area contributed by atoms with Gasteiger partial charge in [-0.1, -0.05) is 0 Å². The molecule has 25 heavy (non-hydrogen) atoms. The van der Waals surface area contributed by atoms with Crippen molar-refractivity contribution in [2.24, 2.45) is 4.40 Å². The van der Waals surface area contributed by atoms with E-state index in [1.165, 1.54) is 24.5 Å². The zero-order valence-corrected chi connectivity index (χ0v) is 15.3. The first-order chi connectivity index (χ1) is 12.0. The molecule has 0 unspecified atom stereocenters. The lowest BCUT2D eigenvalue weighted by molar-refractivity contribution is -0.137. The van der Waals surface area contributed by atoms with Gasteiger partial charge in [-0.15, -0.1) is 15.7 Å².